The number of hydrogen-bond acceptors (Lipinski definition) is 7. The Morgan fingerprint density at radius 1 is 1.20 bits per heavy atom. The van der Waals surface area contributed by atoms with Crippen molar-refractivity contribution in [2.75, 3.05) is 33.3 Å². The summed E-state index contributed by atoms with van der Waals surface area (Å²) in [6, 6.07) is 9.56. The molecule has 1 fully saturated rings. The molecule has 9 nitrogen and oxygen atoms in total. The van der Waals surface area contributed by atoms with Crippen LogP contribution >= 0.6 is 11.3 Å². The number of rotatable bonds is 7. The summed E-state index contributed by atoms with van der Waals surface area (Å²) in [4.78, 5) is 45.9. The molecule has 2 amide bonds. The van der Waals surface area contributed by atoms with E-state index in [2.05, 4.69) is 10.1 Å². The Balaban J connectivity index is 1.46. The fourth-order valence-electron chi connectivity index (χ4n) is 3.93. The quantitative estimate of drug-likeness (QED) is 0.464. The molecule has 1 aliphatic rings. The minimum atomic E-state index is -0.521. The van der Waals surface area contributed by atoms with Crippen LogP contribution in [0.15, 0.2) is 41.8 Å². The second-order valence-electron chi connectivity index (χ2n) is 8.20. The molecule has 1 aliphatic heterocycles. The zero-order chi connectivity index (χ0) is 24.9. The molecule has 0 aliphatic carbocycles. The second kappa shape index (κ2) is 10.8. The van der Waals surface area contributed by atoms with Crippen LogP contribution < -0.4 is 0 Å². The molecule has 11 heteroatoms. The fraction of sp³-hybridized carbons (Fsp3) is 0.375. The van der Waals surface area contributed by atoms with Crippen LogP contribution in [0.25, 0.3) is 16.4 Å². The van der Waals surface area contributed by atoms with Crippen LogP contribution in [-0.4, -0.2) is 75.6 Å². The lowest BCUT2D eigenvalue weighted by atomic mass is 9.97. The van der Waals surface area contributed by atoms with Gasteiger partial charge in [0.1, 0.15) is 5.82 Å². The molecule has 184 valence electrons. The highest BCUT2D eigenvalue weighted by Gasteiger charge is 2.30. The number of carbonyl (C=O) groups excluding carboxylic acids is 3. The molecule has 0 N–H and O–H groups in total. The number of halogens is 1. The third kappa shape index (κ3) is 5.56. The van der Waals surface area contributed by atoms with E-state index in [4.69, 9.17) is 4.74 Å². The summed E-state index contributed by atoms with van der Waals surface area (Å²) in [6.45, 7) is 2.81. The smallest absolute Gasteiger partial charge is 0.309 e. The van der Waals surface area contributed by atoms with Gasteiger partial charge in [0.15, 0.2) is 5.82 Å². The Kier molecular flexibility index (Phi) is 7.54. The summed E-state index contributed by atoms with van der Waals surface area (Å²) in [5.41, 5.74) is 0.433. The van der Waals surface area contributed by atoms with E-state index in [9.17, 15) is 18.8 Å². The molecule has 0 unspecified atom stereocenters. The molecule has 0 spiro atoms. The standard InChI is InChI=1S/C24H26FN5O4S/c1-3-34-24(33)16-9-11-29(12-10-16)20(31)15-28(2)23(32)21-26-22(19-8-5-13-35-19)30(27-21)18-7-4-6-17(25)14-18/h4-8,13-14,16H,3,9-12,15H2,1-2H3. The summed E-state index contributed by atoms with van der Waals surface area (Å²) < 4.78 is 20.3. The molecular weight excluding hydrogens is 473 g/mol. The van der Waals surface area contributed by atoms with Crippen molar-refractivity contribution in [3.63, 3.8) is 0 Å². The van der Waals surface area contributed by atoms with E-state index < -0.39 is 11.7 Å². The molecule has 0 atom stereocenters. The highest BCUT2D eigenvalue weighted by molar-refractivity contribution is 7.13. The van der Waals surface area contributed by atoms with Gasteiger partial charge in [-0.25, -0.2) is 14.1 Å². The zero-order valence-electron chi connectivity index (χ0n) is 19.5. The summed E-state index contributed by atoms with van der Waals surface area (Å²) in [5.74, 6) is -1.28. The average Bonchev–Trinajstić information content (AvgIpc) is 3.54. The number of esters is 1. The first-order chi connectivity index (χ1) is 16.9. The summed E-state index contributed by atoms with van der Waals surface area (Å²) >= 11 is 1.42. The lowest BCUT2D eigenvalue weighted by Crippen LogP contribution is -2.45. The summed E-state index contributed by atoms with van der Waals surface area (Å²) in [5, 5.41) is 6.22. The fourth-order valence-corrected chi connectivity index (χ4v) is 4.62. The number of nitrogens with zero attached hydrogens (tertiary/aromatic N) is 5. The van der Waals surface area contributed by atoms with Gasteiger partial charge in [-0.2, -0.15) is 0 Å². The highest BCUT2D eigenvalue weighted by Crippen LogP contribution is 2.26. The van der Waals surface area contributed by atoms with Gasteiger partial charge in [-0.15, -0.1) is 16.4 Å². The maximum absolute atomic E-state index is 13.8. The molecule has 35 heavy (non-hydrogen) atoms. The summed E-state index contributed by atoms with van der Waals surface area (Å²) in [7, 11) is 1.51. The number of likely N-dealkylation sites (tertiary alicyclic amines) is 1. The maximum atomic E-state index is 13.8. The number of aromatic nitrogens is 3. The Hall–Kier alpha value is -3.60. The van der Waals surface area contributed by atoms with Crippen molar-refractivity contribution >= 4 is 29.1 Å². The number of carbonyl (C=O) groups is 3. The molecule has 2 aromatic heterocycles. The van der Waals surface area contributed by atoms with Crippen LogP contribution in [0.1, 0.15) is 30.4 Å². The number of amides is 2. The van der Waals surface area contributed by atoms with Gasteiger partial charge in [0.2, 0.25) is 11.7 Å². The Morgan fingerprint density at radius 2 is 1.97 bits per heavy atom. The lowest BCUT2D eigenvalue weighted by Gasteiger charge is -2.31. The SMILES string of the molecule is CCOC(=O)C1CCN(C(=O)CN(C)C(=O)c2nc(-c3cccs3)n(-c3cccc(F)c3)n2)CC1. The number of piperidine rings is 1. The van der Waals surface area contributed by atoms with Crippen LogP contribution in [0.4, 0.5) is 4.39 Å². The number of benzene rings is 1. The second-order valence-corrected chi connectivity index (χ2v) is 9.14. The number of thiophene rings is 1. The largest absolute Gasteiger partial charge is 0.466 e. The van der Waals surface area contributed by atoms with E-state index in [1.807, 2.05) is 17.5 Å². The lowest BCUT2D eigenvalue weighted by molar-refractivity contribution is -0.151. The Labute approximate surface area is 206 Å². The first-order valence-electron chi connectivity index (χ1n) is 11.3. The Bertz CT molecular complexity index is 1200. The molecule has 0 bridgehead atoms. The van der Waals surface area contributed by atoms with Crippen molar-refractivity contribution in [3.05, 3.63) is 53.4 Å². The molecule has 0 radical (unpaired) electrons. The van der Waals surface area contributed by atoms with Crippen molar-refractivity contribution < 1.29 is 23.5 Å². The van der Waals surface area contributed by atoms with Crippen LogP contribution in [0.2, 0.25) is 0 Å². The van der Waals surface area contributed by atoms with Crippen LogP contribution in [-0.2, 0) is 14.3 Å². The molecule has 1 aromatic carbocycles. The van der Waals surface area contributed by atoms with Crippen LogP contribution in [0, 0.1) is 11.7 Å². The molecule has 0 saturated carbocycles. The van der Waals surface area contributed by atoms with Crippen LogP contribution in [0.5, 0.6) is 0 Å². The van der Waals surface area contributed by atoms with E-state index in [1.165, 1.54) is 40.1 Å². The molecule has 3 heterocycles. The molecule has 4 rings (SSSR count). The predicted octanol–water partition coefficient (Wildman–Crippen LogP) is 3.01. The van der Waals surface area contributed by atoms with Gasteiger partial charge in [0.25, 0.3) is 5.91 Å². The van der Waals surface area contributed by atoms with Gasteiger partial charge in [0, 0.05) is 20.1 Å². The van der Waals surface area contributed by atoms with Crippen molar-refractivity contribution in [2.24, 2.45) is 5.92 Å². The van der Waals surface area contributed by atoms with Gasteiger partial charge in [0.05, 0.1) is 29.6 Å². The van der Waals surface area contributed by atoms with Crippen molar-refractivity contribution in [3.8, 4) is 16.4 Å². The number of hydrogen-bond donors (Lipinski definition) is 0. The maximum Gasteiger partial charge on any atom is 0.309 e. The van der Waals surface area contributed by atoms with E-state index in [0.29, 0.717) is 44.0 Å². The molecular formula is C24H26FN5O4S. The van der Waals surface area contributed by atoms with Crippen molar-refractivity contribution in [1.82, 2.24) is 24.6 Å². The number of likely N-dealkylation sites (N-methyl/N-ethyl adjacent to an activating group) is 1. The van der Waals surface area contributed by atoms with Gasteiger partial charge < -0.3 is 14.5 Å². The highest BCUT2D eigenvalue weighted by atomic mass is 32.1. The predicted molar refractivity (Wildman–Crippen MR) is 128 cm³/mol. The molecule has 3 aromatic rings. The number of ether oxygens (including phenoxy) is 1. The Morgan fingerprint density at radius 3 is 2.63 bits per heavy atom. The summed E-state index contributed by atoms with van der Waals surface area (Å²) in [6.07, 6.45) is 1.07. The minimum Gasteiger partial charge on any atom is -0.466 e. The zero-order valence-corrected chi connectivity index (χ0v) is 20.3. The average molecular weight is 500 g/mol. The first-order valence-corrected chi connectivity index (χ1v) is 12.2. The van der Waals surface area contributed by atoms with E-state index in [-0.39, 0.29) is 30.2 Å². The monoisotopic (exact) mass is 499 g/mol. The first kappa shape index (κ1) is 24.5. The molecule has 1 saturated heterocycles. The minimum absolute atomic E-state index is 0.0889. The third-order valence-electron chi connectivity index (χ3n) is 5.78. The van der Waals surface area contributed by atoms with Crippen molar-refractivity contribution in [2.45, 2.75) is 19.8 Å². The van der Waals surface area contributed by atoms with Crippen molar-refractivity contribution in [1.29, 1.82) is 0 Å². The topological polar surface area (TPSA) is 97.6 Å². The van der Waals surface area contributed by atoms with Gasteiger partial charge >= 0.3 is 5.97 Å². The van der Waals surface area contributed by atoms with E-state index in [1.54, 1.807) is 24.0 Å². The van der Waals surface area contributed by atoms with E-state index >= 15 is 0 Å². The van der Waals surface area contributed by atoms with Crippen LogP contribution in [0.3, 0.4) is 0 Å². The van der Waals surface area contributed by atoms with E-state index in [0.717, 1.165) is 4.88 Å². The third-order valence-corrected chi connectivity index (χ3v) is 6.65. The normalized spacial score (nSPS) is 14.1. The van der Waals surface area contributed by atoms with Gasteiger partial charge in [-0.3, -0.25) is 14.4 Å². The van der Waals surface area contributed by atoms with Gasteiger partial charge in [-0.1, -0.05) is 12.1 Å². The van der Waals surface area contributed by atoms with Gasteiger partial charge in [-0.05, 0) is 49.4 Å².